The molecule has 110 valence electrons. The summed E-state index contributed by atoms with van der Waals surface area (Å²) in [7, 11) is 1.52. The SMILES string of the molecule is COc1ccc(C(=O)c2ccc(C(C)(C)C)cc2)c(O)c1. The molecule has 0 saturated carbocycles. The van der Waals surface area contributed by atoms with Crippen molar-refractivity contribution in [3.8, 4) is 11.5 Å². The molecule has 3 heteroatoms. The zero-order valence-corrected chi connectivity index (χ0v) is 12.8. The molecule has 0 saturated heterocycles. The highest BCUT2D eigenvalue weighted by atomic mass is 16.5. The Morgan fingerprint density at radius 1 is 1.05 bits per heavy atom. The second-order valence-electron chi connectivity index (χ2n) is 6.04. The molecule has 0 spiro atoms. The van der Waals surface area contributed by atoms with E-state index in [0.29, 0.717) is 11.3 Å². The summed E-state index contributed by atoms with van der Waals surface area (Å²) in [6.45, 7) is 6.37. The van der Waals surface area contributed by atoms with Crippen LogP contribution in [-0.4, -0.2) is 18.0 Å². The van der Waals surface area contributed by atoms with Gasteiger partial charge in [0, 0.05) is 11.6 Å². The lowest BCUT2D eigenvalue weighted by molar-refractivity contribution is 0.103. The van der Waals surface area contributed by atoms with Crippen LogP contribution in [0.25, 0.3) is 0 Å². The van der Waals surface area contributed by atoms with Crippen LogP contribution in [-0.2, 0) is 5.41 Å². The Bertz CT molecular complexity index is 649. The standard InChI is InChI=1S/C18H20O3/c1-18(2,3)13-7-5-12(6-8-13)17(20)15-10-9-14(21-4)11-16(15)19/h5-11,19H,1-4H3. The summed E-state index contributed by atoms with van der Waals surface area (Å²) in [5, 5.41) is 9.94. The fraction of sp³-hybridized carbons (Fsp3) is 0.278. The number of phenolic OH excluding ortho intramolecular Hbond substituents is 1. The second kappa shape index (κ2) is 5.60. The highest BCUT2D eigenvalue weighted by molar-refractivity contribution is 6.10. The van der Waals surface area contributed by atoms with Gasteiger partial charge in [0.15, 0.2) is 5.78 Å². The van der Waals surface area contributed by atoms with E-state index < -0.39 is 0 Å². The van der Waals surface area contributed by atoms with E-state index in [1.54, 1.807) is 24.3 Å². The Kier molecular flexibility index (Phi) is 4.03. The zero-order chi connectivity index (χ0) is 15.6. The molecule has 2 aromatic carbocycles. The fourth-order valence-electron chi connectivity index (χ4n) is 2.11. The van der Waals surface area contributed by atoms with Crippen LogP contribution in [0.5, 0.6) is 11.5 Å². The van der Waals surface area contributed by atoms with E-state index in [9.17, 15) is 9.90 Å². The third-order valence-corrected chi connectivity index (χ3v) is 3.46. The van der Waals surface area contributed by atoms with Crippen molar-refractivity contribution in [3.63, 3.8) is 0 Å². The molecule has 0 heterocycles. The summed E-state index contributed by atoms with van der Waals surface area (Å²) in [6, 6.07) is 12.2. The molecule has 0 aromatic heterocycles. The van der Waals surface area contributed by atoms with Crippen molar-refractivity contribution < 1.29 is 14.6 Å². The maximum atomic E-state index is 12.4. The molecule has 0 unspecified atom stereocenters. The number of methoxy groups -OCH3 is 1. The largest absolute Gasteiger partial charge is 0.507 e. The van der Waals surface area contributed by atoms with Crippen molar-refractivity contribution in [2.75, 3.05) is 7.11 Å². The number of benzene rings is 2. The van der Waals surface area contributed by atoms with Crippen molar-refractivity contribution >= 4 is 5.78 Å². The maximum absolute atomic E-state index is 12.4. The van der Waals surface area contributed by atoms with Crippen molar-refractivity contribution in [1.29, 1.82) is 0 Å². The van der Waals surface area contributed by atoms with Crippen LogP contribution >= 0.6 is 0 Å². The van der Waals surface area contributed by atoms with Gasteiger partial charge in [0.25, 0.3) is 0 Å². The van der Waals surface area contributed by atoms with Gasteiger partial charge in [-0.2, -0.15) is 0 Å². The van der Waals surface area contributed by atoms with E-state index in [2.05, 4.69) is 20.8 Å². The van der Waals surface area contributed by atoms with Gasteiger partial charge in [0.2, 0.25) is 0 Å². The number of carbonyl (C=O) groups is 1. The Labute approximate surface area is 125 Å². The summed E-state index contributed by atoms with van der Waals surface area (Å²) in [5.74, 6) is 0.252. The number of hydrogen-bond acceptors (Lipinski definition) is 3. The third kappa shape index (κ3) is 3.24. The first-order chi connectivity index (χ1) is 9.82. The molecule has 0 bridgehead atoms. The van der Waals surface area contributed by atoms with Crippen LogP contribution in [0.1, 0.15) is 42.3 Å². The summed E-state index contributed by atoms with van der Waals surface area (Å²) in [6.07, 6.45) is 0. The van der Waals surface area contributed by atoms with Crippen LogP contribution in [0.15, 0.2) is 42.5 Å². The molecule has 0 aliphatic heterocycles. The molecular formula is C18H20O3. The topological polar surface area (TPSA) is 46.5 Å². The summed E-state index contributed by atoms with van der Waals surface area (Å²) in [4.78, 5) is 12.4. The van der Waals surface area contributed by atoms with Gasteiger partial charge in [-0.15, -0.1) is 0 Å². The van der Waals surface area contributed by atoms with Gasteiger partial charge in [-0.1, -0.05) is 45.0 Å². The van der Waals surface area contributed by atoms with Crippen molar-refractivity contribution in [1.82, 2.24) is 0 Å². The second-order valence-corrected chi connectivity index (χ2v) is 6.04. The van der Waals surface area contributed by atoms with Crippen LogP contribution in [0.3, 0.4) is 0 Å². The highest BCUT2D eigenvalue weighted by Crippen LogP contribution is 2.27. The van der Waals surface area contributed by atoms with Gasteiger partial charge in [0.05, 0.1) is 12.7 Å². The average Bonchev–Trinajstić information content (AvgIpc) is 2.45. The Balaban J connectivity index is 2.32. The Morgan fingerprint density at radius 2 is 1.67 bits per heavy atom. The van der Waals surface area contributed by atoms with Crippen LogP contribution in [0.2, 0.25) is 0 Å². The predicted molar refractivity (Wildman–Crippen MR) is 83.2 cm³/mol. The van der Waals surface area contributed by atoms with Crippen LogP contribution in [0.4, 0.5) is 0 Å². The number of ether oxygens (including phenoxy) is 1. The summed E-state index contributed by atoms with van der Waals surface area (Å²) in [5.41, 5.74) is 2.05. The lowest BCUT2D eigenvalue weighted by atomic mass is 9.86. The number of carbonyl (C=O) groups excluding carboxylic acids is 1. The lowest BCUT2D eigenvalue weighted by Crippen LogP contribution is -2.11. The third-order valence-electron chi connectivity index (χ3n) is 3.46. The first kappa shape index (κ1) is 15.1. The smallest absolute Gasteiger partial charge is 0.196 e. The molecule has 0 amide bonds. The van der Waals surface area contributed by atoms with Gasteiger partial charge in [-0.05, 0) is 23.1 Å². The first-order valence-electron chi connectivity index (χ1n) is 6.85. The van der Waals surface area contributed by atoms with Crippen molar-refractivity contribution in [2.24, 2.45) is 0 Å². The molecule has 0 aliphatic rings. The quantitative estimate of drug-likeness (QED) is 0.869. The molecule has 0 aliphatic carbocycles. The number of ketones is 1. The van der Waals surface area contributed by atoms with Gasteiger partial charge in [-0.25, -0.2) is 0 Å². The van der Waals surface area contributed by atoms with Crippen molar-refractivity contribution in [3.05, 3.63) is 59.2 Å². The highest BCUT2D eigenvalue weighted by Gasteiger charge is 2.17. The summed E-state index contributed by atoms with van der Waals surface area (Å²) < 4.78 is 5.02. The molecule has 2 rings (SSSR count). The van der Waals surface area contributed by atoms with Gasteiger partial charge >= 0.3 is 0 Å². The fourth-order valence-corrected chi connectivity index (χ4v) is 2.11. The minimum absolute atomic E-state index is 0.0455. The molecule has 1 N–H and O–H groups in total. The van der Waals surface area contributed by atoms with Gasteiger partial charge < -0.3 is 9.84 Å². The first-order valence-corrected chi connectivity index (χ1v) is 6.85. The monoisotopic (exact) mass is 284 g/mol. The predicted octanol–water partition coefficient (Wildman–Crippen LogP) is 3.93. The zero-order valence-electron chi connectivity index (χ0n) is 12.8. The molecule has 0 fully saturated rings. The number of phenols is 1. The molecule has 0 atom stereocenters. The molecule has 2 aromatic rings. The van der Waals surface area contributed by atoms with E-state index >= 15 is 0 Å². The van der Waals surface area contributed by atoms with Gasteiger partial charge in [-0.3, -0.25) is 4.79 Å². The lowest BCUT2D eigenvalue weighted by Gasteiger charge is -2.19. The molecule has 0 radical (unpaired) electrons. The van der Waals surface area contributed by atoms with Crippen LogP contribution < -0.4 is 4.74 Å². The molecule has 3 nitrogen and oxygen atoms in total. The van der Waals surface area contributed by atoms with E-state index in [1.807, 2.05) is 12.1 Å². The minimum atomic E-state index is -0.199. The van der Waals surface area contributed by atoms with E-state index in [-0.39, 0.29) is 22.5 Å². The summed E-state index contributed by atoms with van der Waals surface area (Å²) >= 11 is 0. The number of aromatic hydroxyl groups is 1. The van der Waals surface area contributed by atoms with E-state index in [4.69, 9.17) is 4.74 Å². The minimum Gasteiger partial charge on any atom is -0.507 e. The molecular weight excluding hydrogens is 264 g/mol. The van der Waals surface area contributed by atoms with E-state index in [0.717, 1.165) is 5.56 Å². The number of hydrogen-bond donors (Lipinski definition) is 1. The average molecular weight is 284 g/mol. The normalized spacial score (nSPS) is 11.2. The Hall–Kier alpha value is -2.29. The van der Waals surface area contributed by atoms with Crippen molar-refractivity contribution in [2.45, 2.75) is 26.2 Å². The molecule has 21 heavy (non-hydrogen) atoms. The maximum Gasteiger partial charge on any atom is 0.196 e. The van der Waals surface area contributed by atoms with E-state index in [1.165, 1.54) is 13.2 Å². The Morgan fingerprint density at radius 3 is 2.14 bits per heavy atom. The van der Waals surface area contributed by atoms with Gasteiger partial charge in [0.1, 0.15) is 11.5 Å². The number of rotatable bonds is 3. The van der Waals surface area contributed by atoms with Crippen LogP contribution in [0, 0.1) is 0 Å².